The molecule has 0 aliphatic carbocycles. The summed E-state index contributed by atoms with van der Waals surface area (Å²) in [6.45, 7) is 1.60. The fourth-order valence-corrected chi connectivity index (χ4v) is 0.626. The lowest BCUT2D eigenvalue weighted by molar-refractivity contribution is -0.140. The van der Waals surface area contributed by atoms with Crippen molar-refractivity contribution in [2.24, 2.45) is 0 Å². The number of hydrogen-bond acceptors (Lipinski definition) is 2. The van der Waals surface area contributed by atoms with Gasteiger partial charge in [0.15, 0.2) is 0 Å². The Morgan fingerprint density at radius 2 is 2.50 bits per heavy atom. The highest BCUT2D eigenvalue weighted by atomic mass is 16.4. The van der Waals surface area contributed by atoms with Gasteiger partial charge in [-0.05, 0) is 6.92 Å². The molecular weight excluding hydrogens is 132 g/mol. The molecule has 0 radical (unpaired) electrons. The lowest BCUT2D eigenvalue weighted by Crippen LogP contribution is -2.13. The zero-order valence-electron chi connectivity index (χ0n) is 5.56. The van der Waals surface area contributed by atoms with E-state index in [1.165, 1.54) is 10.9 Å². The molecule has 0 unspecified atom stereocenters. The summed E-state index contributed by atoms with van der Waals surface area (Å²) in [5.74, 6) is -0.849. The van der Waals surface area contributed by atoms with Crippen LogP contribution in [0.25, 0.3) is 0 Å². The first-order valence-electron chi connectivity index (χ1n) is 2.92. The van der Waals surface area contributed by atoms with Gasteiger partial charge in [-0.25, -0.2) is 9.78 Å². The highest BCUT2D eigenvalue weighted by Crippen LogP contribution is 2.02. The molecule has 0 amide bonds. The summed E-state index contributed by atoms with van der Waals surface area (Å²) in [4.78, 5) is 14.1. The first-order chi connectivity index (χ1) is 4.72. The maximum atomic E-state index is 10.3. The monoisotopic (exact) mass is 140 g/mol. The highest BCUT2D eigenvalue weighted by Gasteiger charge is 2.10. The summed E-state index contributed by atoms with van der Waals surface area (Å²) in [5, 5.41) is 8.51. The van der Waals surface area contributed by atoms with Crippen LogP contribution in [0.2, 0.25) is 0 Å². The third kappa shape index (κ3) is 1.15. The number of carboxylic acids is 1. The van der Waals surface area contributed by atoms with Gasteiger partial charge in [-0.1, -0.05) is 0 Å². The van der Waals surface area contributed by atoms with Crippen LogP contribution in [0, 0.1) is 0 Å². The number of rotatable bonds is 2. The molecule has 54 valence electrons. The van der Waals surface area contributed by atoms with E-state index in [-0.39, 0.29) is 0 Å². The van der Waals surface area contributed by atoms with Gasteiger partial charge in [0.25, 0.3) is 0 Å². The first kappa shape index (κ1) is 6.80. The molecule has 10 heavy (non-hydrogen) atoms. The minimum absolute atomic E-state index is 0.525. The molecule has 1 aromatic rings. The van der Waals surface area contributed by atoms with Gasteiger partial charge in [0.2, 0.25) is 0 Å². The Labute approximate surface area is 58.1 Å². The van der Waals surface area contributed by atoms with Gasteiger partial charge in [-0.15, -0.1) is 0 Å². The van der Waals surface area contributed by atoms with Gasteiger partial charge < -0.3 is 9.67 Å². The summed E-state index contributed by atoms with van der Waals surface area (Å²) in [5.41, 5.74) is 0. The Kier molecular flexibility index (Phi) is 1.71. The Hall–Kier alpha value is -1.32. The number of hydrogen-bond donors (Lipinski definition) is 1. The van der Waals surface area contributed by atoms with E-state index in [0.29, 0.717) is 0 Å². The maximum Gasteiger partial charge on any atom is 0.326 e. The molecule has 0 spiro atoms. The van der Waals surface area contributed by atoms with E-state index in [2.05, 4.69) is 4.98 Å². The van der Waals surface area contributed by atoms with Crippen LogP contribution in [0.4, 0.5) is 0 Å². The van der Waals surface area contributed by atoms with Crippen LogP contribution in [0.3, 0.4) is 0 Å². The number of carboxylic acid groups (broad SMARTS) is 1. The minimum atomic E-state index is -0.849. The molecule has 0 bridgehead atoms. The fourth-order valence-electron chi connectivity index (χ4n) is 0.626. The Balaban J connectivity index is 2.77. The van der Waals surface area contributed by atoms with Crippen molar-refractivity contribution in [1.82, 2.24) is 9.55 Å². The Bertz CT molecular complexity index is 218. The third-order valence-corrected chi connectivity index (χ3v) is 1.33. The van der Waals surface area contributed by atoms with Crippen LogP contribution >= 0.6 is 0 Å². The van der Waals surface area contributed by atoms with E-state index >= 15 is 0 Å². The lowest BCUT2D eigenvalue weighted by atomic mass is 10.3. The van der Waals surface area contributed by atoms with Crippen LogP contribution in [0.5, 0.6) is 0 Å². The molecule has 0 aromatic carbocycles. The standard InChI is InChI=1S/C6H8N2O2/c1-5(6(9)10)8-3-2-7-4-8/h2-5H,1H3,(H,9,10)/t5-/m0/s1. The fraction of sp³-hybridized carbons (Fsp3) is 0.333. The van der Waals surface area contributed by atoms with E-state index in [0.717, 1.165) is 0 Å². The Morgan fingerprint density at radius 1 is 1.80 bits per heavy atom. The first-order valence-corrected chi connectivity index (χ1v) is 2.92. The summed E-state index contributed by atoms with van der Waals surface area (Å²) < 4.78 is 1.53. The molecule has 0 fully saturated rings. The van der Waals surface area contributed by atoms with Crippen molar-refractivity contribution in [2.75, 3.05) is 0 Å². The van der Waals surface area contributed by atoms with Gasteiger partial charge in [0.1, 0.15) is 6.04 Å². The summed E-state index contributed by atoms with van der Waals surface area (Å²) in [7, 11) is 0. The second-order valence-electron chi connectivity index (χ2n) is 2.02. The third-order valence-electron chi connectivity index (χ3n) is 1.33. The molecule has 1 atom stereocenters. The molecule has 4 nitrogen and oxygen atoms in total. The normalized spacial score (nSPS) is 12.9. The number of imidazole rings is 1. The van der Waals surface area contributed by atoms with Crippen molar-refractivity contribution in [3.8, 4) is 0 Å². The van der Waals surface area contributed by atoms with Crippen molar-refractivity contribution in [3.63, 3.8) is 0 Å². The molecule has 1 N–H and O–H groups in total. The van der Waals surface area contributed by atoms with E-state index in [1.807, 2.05) is 0 Å². The van der Waals surface area contributed by atoms with Crippen molar-refractivity contribution >= 4 is 5.97 Å². The molecule has 0 saturated heterocycles. The summed E-state index contributed by atoms with van der Waals surface area (Å²) in [6, 6.07) is -0.525. The van der Waals surface area contributed by atoms with Gasteiger partial charge in [0, 0.05) is 12.4 Å². The molecule has 1 aromatic heterocycles. The van der Waals surface area contributed by atoms with Crippen LogP contribution in [-0.2, 0) is 4.79 Å². The van der Waals surface area contributed by atoms with Crippen LogP contribution in [0.15, 0.2) is 18.7 Å². The van der Waals surface area contributed by atoms with E-state index in [9.17, 15) is 4.79 Å². The zero-order chi connectivity index (χ0) is 7.56. The molecular formula is C6H8N2O2. The van der Waals surface area contributed by atoms with Gasteiger partial charge in [-0.3, -0.25) is 0 Å². The second-order valence-corrected chi connectivity index (χ2v) is 2.02. The Morgan fingerprint density at radius 3 is 2.90 bits per heavy atom. The van der Waals surface area contributed by atoms with Crippen LogP contribution < -0.4 is 0 Å². The predicted molar refractivity (Wildman–Crippen MR) is 34.6 cm³/mol. The molecule has 4 heteroatoms. The number of nitrogens with zero attached hydrogens (tertiary/aromatic N) is 2. The second kappa shape index (κ2) is 2.51. The average molecular weight is 140 g/mol. The molecule has 0 aliphatic rings. The average Bonchev–Trinajstić information content (AvgIpc) is 2.36. The van der Waals surface area contributed by atoms with Crippen molar-refractivity contribution in [1.29, 1.82) is 0 Å². The zero-order valence-corrected chi connectivity index (χ0v) is 5.56. The number of carbonyl (C=O) groups is 1. The van der Waals surface area contributed by atoms with Gasteiger partial charge in [-0.2, -0.15) is 0 Å². The summed E-state index contributed by atoms with van der Waals surface area (Å²) >= 11 is 0. The van der Waals surface area contributed by atoms with Gasteiger partial charge in [0.05, 0.1) is 6.33 Å². The summed E-state index contributed by atoms with van der Waals surface area (Å²) in [6.07, 6.45) is 4.66. The molecule has 0 aliphatic heterocycles. The van der Waals surface area contributed by atoms with E-state index < -0.39 is 12.0 Å². The topological polar surface area (TPSA) is 55.1 Å². The van der Waals surface area contributed by atoms with Crippen molar-refractivity contribution < 1.29 is 9.90 Å². The van der Waals surface area contributed by atoms with E-state index in [4.69, 9.17) is 5.11 Å². The molecule has 1 rings (SSSR count). The molecule has 1 heterocycles. The largest absolute Gasteiger partial charge is 0.480 e. The van der Waals surface area contributed by atoms with Gasteiger partial charge >= 0.3 is 5.97 Å². The van der Waals surface area contributed by atoms with E-state index in [1.54, 1.807) is 19.3 Å². The lowest BCUT2D eigenvalue weighted by Gasteiger charge is -2.05. The van der Waals surface area contributed by atoms with Crippen LogP contribution in [-0.4, -0.2) is 20.6 Å². The maximum absolute atomic E-state index is 10.3. The van der Waals surface area contributed by atoms with Crippen LogP contribution in [0.1, 0.15) is 13.0 Å². The van der Waals surface area contributed by atoms with Crippen molar-refractivity contribution in [3.05, 3.63) is 18.7 Å². The quantitative estimate of drug-likeness (QED) is 0.651. The number of aliphatic carboxylic acids is 1. The minimum Gasteiger partial charge on any atom is -0.480 e. The SMILES string of the molecule is C[C@@H](C(=O)O)n1ccnc1. The van der Waals surface area contributed by atoms with Crippen molar-refractivity contribution in [2.45, 2.75) is 13.0 Å². The number of aromatic nitrogens is 2. The molecule has 0 saturated carbocycles. The smallest absolute Gasteiger partial charge is 0.326 e. The highest BCUT2D eigenvalue weighted by molar-refractivity contribution is 5.71. The predicted octanol–water partition coefficient (Wildman–Crippen LogP) is 0.529.